The first kappa shape index (κ1) is 13.8. The number of rotatable bonds is 2. The predicted molar refractivity (Wildman–Crippen MR) is 79.5 cm³/mol. The first-order chi connectivity index (χ1) is 9.75. The molecule has 0 aromatic carbocycles. The molecule has 0 amide bonds. The number of aryl methyl sites for hydroxylation is 1. The summed E-state index contributed by atoms with van der Waals surface area (Å²) in [4.78, 5) is 9.50. The number of anilines is 1. The zero-order valence-corrected chi connectivity index (χ0v) is 12.5. The smallest absolute Gasteiger partial charge is 0.162 e. The van der Waals surface area contributed by atoms with Gasteiger partial charge in [-0.15, -0.1) is 0 Å². The zero-order chi connectivity index (χ0) is 14.0. The van der Waals surface area contributed by atoms with Crippen molar-refractivity contribution in [3.05, 3.63) is 17.1 Å². The number of nitrogen functional groups attached to an aromatic ring is 1. The summed E-state index contributed by atoms with van der Waals surface area (Å²) in [6, 6.07) is 0. The highest BCUT2D eigenvalue weighted by molar-refractivity contribution is 5.44. The SMILES string of the molecule is COC1(c2nc(N)c3c(n2)CCCC3)CCCCCC1. The molecule has 1 fully saturated rings. The van der Waals surface area contributed by atoms with Gasteiger partial charge in [-0.2, -0.15) is 0 Å². The van der Waals surface area contributed by atoms with Crippen LogP contribution in [0, 0.1) is 0 Å². The molecule has 0 atom stereocenters. The monoisotopic (exact) mass is 275 g/mol. The highest BCUT2D eigenvalue weighted by Crippen LogP contribution is 2.38. The van der Waals surface area contributed by atoms with E-state index in [4.69, 9.17) is 15.5 Å². The number of hydrogen-bond acceptors (Lipinski definition) is 4. The van der Waals surface area contributed by atoms with E-state index in [0.717, 1.165) is 31.5 Å². The molecule has 3 rings (SSSR count). The number of nitrogens with two attached hydrogens (primary N) is 1. The van der Waals surface area contributed by atoms with Gasteiger partial charge in [0.15, 0.2) is 5.82 Å². The van der Waals surface area contributed by atoms with Crippen LogP contribution in [0.4, 0.5) is 5.82 Å². The predicted octanol–water partition coefficient (Wildman–Crippen LogP) is 3.13. The molecule has 2 aliphatic rings. The number of fused-ring (bicyclic) bond motifs is 1. The highest BCUT2D eigenvalue weighted by atomic mass is 16.5. The Morgan fingerprint density at radius 3 is 2.35 bits per heavy atom. The summed E-state index contributed by atoms with van der Waals surface area (Å²) in [5.41, 5.74) is 8.23. The Bertz CT molecular complexity index is 479. The lowest BCUT2D eigenvalue weighted by molar-refractivity contribution is -0.0352. The van der Waals surface area contributed by atoms with E-state index in [2.05, 4.69) is 4.98 Å². The fourth-order valence-electron chi connectivity index (χ4n) is 3.65. The Labute approximate surface area is 121 Å². The largest absolute Gasteiger partial charge is 0.383 e. The van der Waals surface area contributed by atoms with Gasteiger partial charge >= 0.3 is 0 Å². The molecule has 1 aromatic rings. The highest BCUT2D eigenvalue weighted by Gasteiger charge is 2.36. The molecule has 1 aromatic heterocycles. The lowest BCUT2D eigenvalue weighted by Gasteiger charge is -2.31. The average molecular weight is 275 g/mol. The molecule has 4 heteroatoms. The molecule has 1 saturated carbocycles. The van der Waals surface area contributed by atoms with Crippen LogP contribution in [-0.4, -0.2) is 17.1 Å². The van der Waals surface area contributed by atoms with Crippen LogP contribution in [0.15, 0.2) is 0 Å². The molecular formula is C16H25N3O. The van der Waals surface area contributed by atoms with E-state index < -0.39 is 0 Å². The third-order valence-electron chi connectivity index (χ3n) is 4.92. The van der Waals surface area contributed by atoms with Crippen molar-refractivity contribution in [1.82, 2.24) is 9.97 Å². The zero-order valence-electron chi connectivity index (χ0n) is 12.5. The molecule has 0 bridgehead atoms. The van der Waals surface area contributed by atoms with Gasteiger partial charge in [0.2, 0.25) is 0 Å². The molecule has 2 aliphatic carbocycles. The van der Waals surface area contributed by atoms with Gasteiger partial charge in [0.05, 0.1) is 0 Å². The van der Waals surface area contributed by atoms with Crippen LogP contribution in [0.3, 0.4) is 0 Å². The van der Waals surface area contributed by atoms with Crippen molar-refractivity contribution >= 4 is 5.82 Å². The summed E-state index contributed by atoms with van der Waals surface area (Å²) < 4.78 is 5.91. The molecule has 0 unspecified atom stereocenters. The first-order valence-electron chi connectivity index (χ1n) is 7.96. The van der Waals surface area contributed by atoms with Crippen molar-refractivity contribution in [3.63, 3.8) is 0 Å². The van der Waals surface area contributed by atoms with Crippen LogP contribution in [0.1, 0.15) is 68.4 Å². The Balaban J connectivity index is 2.01. The third kappa shape index (κ3) is 2.41. The van der Waals surface area contributed by atoms with E-state index in [1.165, 1.54) is 49.8 Å². The Hall–Kier alpha value is -1.16. The molecule has 2 N–H and O–H groups in total. The minimum absolute atomic E-state index is 0.308. The minimum atomic E-state index is -0.308. The Morgan fingerprint density at radius 2 is 1.65 bits per heavy atom. The molecule has 0 aliphatic heterocycles. The Kier molecular flexibility index (Phi) is 3.92. The number of nitrogens with zero attached hydrogens (tertiary/aromatic N) is 2. The fourth-order valence-corrected chi connectivity index (χ4v) is 3.65. The van der Waals surface area contributed by atoms with E-state index in [-0.39, 0.29) is 5.60 Å². The van der Waals surface area contributed by atoms with Crippen molar-refractivity contribution in [1.29, 1.82) is 0 Å². The minimum Gasteiger partial charge on any atom is -0.383 e. The summed E-state index contributed by atoms with van der Waals surface area (Å²) in [7, 11) is 1.80. The van der Waals surface area contributed by atoms with Gasteiger partial charge in [0.1, 0.15) is 11.4 Å². The van der Waals surface area contributed by atoms with Crippen molar-refractivity contribution in [2.45, 2.75) is 69.8 Å². The quantitative estimate of drug-likeness (QED) is 0.842. The van der Waals surface area contributed by atoms with Crippen molar-refractivity contribution in [3.8, 4) is 0 Å². The van der Waals surface area contributed by atoms with E-state index in [9.17, 15) is 0 Å². The molecular weight excluding hydrogens is 250 g/mol. The third-order valence-corrected chi connectivity index (χ3v) is 4.92. The molecule has 0 saturated heterocycles. The summed E-state index contributed by atoms with van der Waals surface area (Å²) in [5, 5.41) is 0. The summed E-state index contributed by atoms with van der Waals surface area (Å²) in [6.45, 7) is 0. The molecule has 20 heavy (non-hydrogen) atoms. The summed E-state index contributed by atoms with van der Waals surface area (Å²) in [6.07, 6.45) is 11.5. The van der Waals surface area contributed by atoms with Crippen molar-refractivity contribution in [2.75, 3.05) is 12.8 Å². The normalized spacial score (nSPS) is 22.1. The second-order valence-electron chi connectivity index (χ2n) is 6.18. The number of methoxy groups -OCH3 is 1. The second-order valence-corrected chi connectivity index (χ2v) is 6.18. The van der Waals surface area contributed by atoms with E-state index >= 15 is 0 Å². The maximum Gasteiger partial charge on any atom is 0.162 e. The van der Waals surface area contributed by atoms with Gasteiger partial charge in [-0.1, -0.05) is 25.7 Å². The average Bonchev–Trinajstić information content (AvgIpc) is 2.73. The molecule has 110 valence electrons. The maximum atomic E-state index is 6.19. The lowest BCUT2D eigenvalue weighted by Crippen LogP contribution is -2.32. The molecule has 0 radical (unpaired) electrons. The van der Waals surface area contributed by atoms with Gasteiger partial charge in [0.25, 0.3) is 0 Å². The summed E-state index contributed by atoms with van der Waals surface area (Å²) >= 11 is 0. The van der Waals surface area contributed by atoms with Gasteiger partial charge in [0, 0.05) is 18.4 Å². The molecule has 1 heterocycles. The van der Waals surface area contributed by atoms with E-state index in [1.807, 2.05) is 0 Å². The lowest BCUT2D eigenvalue weighted by atomic mass is 9.91. The number of aromatic nitrogens is 2. The van der Waals surface area contributed by atoms with Crippen LogP contribution >= 0.6 is 0 Å². The number of ether oxygens (including phenoxy) is 1. The topological polar surface area (TPSA) is 61.0 Å². The molecule has 0 spiro atoms. The maximum absolute atomic E-state index is 6.19. The van der Waals surface area contributed by atoms with Gasteiger partial charge in [-0.25, -0.2) is 9.97 Å². The van der Waals surface area contributed by atoms with E-state index in [1.54, 1.807) is 7.11 Å². The van der Waals surface area contributed by atoms with Crippen LogP contribution in [0.25, 0.3) is 0 Å². The van der Waals surface area contributed by atoms with Crippen LogP contribution in [0.5, 0.6) is 0 Å². The standard InChI is InChI=1S/C16H25N3O/c1-20-16(10-6-2-3-7-11-16)15-18-13-9-5-4-8-12(13)14(17)19-15/h2-11H2,1H3,(H2,17,18,19). The van der Waals surface area contributed by atoms with Gasteiger partial charge < -0.3 is 10.5 Å². The second kappa shape index (κ2) is 5.68. The first-order valence-corrected chi connectivity index (χ1v) is 7.96. The van der Waals surface area contributed by atoms with Crippen LogP contribution < -0.4 is 5.73 Å². The van der Waals surface area contributed by atoms with Crippen molar-refractivity contribution in [2.24, 2.45) is 0 Å². The number of hydrogen-bond donors (Lipinski definition) is 1. The van der Waals surface area contributed by atoms with Crippen LogP contribution in [-0.2, 0) is 23.2 Å². The van der Waals surface area contributed by atoms with Gasteiger partial charge in [-0.05, 0) is 38.5 Å². The Morgan fingerprint density at radius 1 is 0.950 bits per heavy atom. The molecule has 4 nitrogen and oxygen atoms in total. The van der Waals surface area contributed by atoms with Crippen LogP contribution in [0.2, 0.25) is 0 Å². The van der Waals surface area contributed by atoms with Crippen molar-refractivity contribution < 1.29 is 4.74 Å². The van der Waals surface area contributed by atoms with Gasteiger partial charge in [-0.3, -0.25) is 0 Å². The fraction of sp³-hybridized carbons (Fsp3) is 0.750. The van der Waals surface area contributed by atoms with E-state index in [0.29, 0.717) is 5.82 Å². The summed E-state index contributed by atoms with van der Waals surface area (Å²) in [5.74, 6) is 1.52.